The molecule has 3 rings (SSSR count). The van der Waals surface area contributed by atoms with Gasteiger partial charge in [0, 0.05) is 12.4 Å². The highest BCUT2D eigenvalue weighted by molar-refractivity contribution is 5.95. The molecule has 1 aliphatic rings. The molecule has 0 aliphatic carbocycles. The number of pyridine rings is 1. The molecule has 0 spiro atoms. The van der Waals surface area contributed by atoms with Crippen LogP contribution in [0.15, 0.2) is 41.8 Å². The van der Waals surface area contributed by atoms with E-state index in [9.17, 15) is 14.9 Å². The van der Waals surface area contributed by atoms with Crippen LogP contribution in [0.1, 0.15) is 15.9 Å². The van der Waals surface area contributed by atoms with Gasteiger partial charge in [-0.05, 0) is 18.2 Å². The Hall–Kier alpha value is -3.49. The Balaban J connectivity index is 1.79. The van der Waals surface area contributed by atoms with Crippen molar-refractivity contribution in [1.29, 1.82) is 0 Å². The summed E-state index contributed by atoms with van der Waals surface area (Å²) in [6.07, 6.45) is 4.10. The Morgan fingerprint density at radius 3 is 2.87 bits per heavy atom. The van der Waals surface area contributed by atoms with Crippen molar-refractivity contribution >= 4 is 17.8 Å². The predicted octanol–water partition coefficient (Wildman–Crippen LogP) is 1.48. The summed E-state index contributed by atoms with van der Waals surface area (Å²) in [6.45, 7) is 0.00479. The number of aromatic nitrogens is 1. The maximum absolute atomic E-state index is 11.8. The summed E-state index contributed by atoms with van der Waals surface area (Å²) in [6, 6.07) is 5.87. The number of nitrogens with zero attached hydrogens (tertiary/aromatic N) is 3. The van der Waals surface area contributed by atoms with Crippen molar-refractivity contribution in [1.82, 2.24) is 10.4 Å². The van der Waals surface area contributed by atoms with Crippen LogP contribution in [-0.2, 0) is 0 Å². The van der Waals surface area contributed by atoms with Gasteiger partial charge in [-0.15, -0.1) is 0 Å². The summed E-state index contributed by atoms with van der Waals surface area (Å²) in [7, 11) is 0. The highest BCUT2D eigenvalue weighted by Gasteiger charge is 2.22. The van der Waals surface area contributed by atoms with Crippen LogP contribution in [0.4, 0.5) is 5.69 Å². The maximum atomic E-state index is 11.8. The summed E-state index contributed by atoms with van der Waals surface area (Å²) in [5, 5.41) is 14.8. The van der Waals surface area contributed by atoms with E-state index in [0.29, 0.717) is 17.1 Å². The lowest BCUT2D eigenvalue weighted by molar-refractivity contribution is -0.385. The fourth-order valence-corrected chi connectivity index (χ4v) is 1.93. The lowest BCUT2D eigenvalue weighted by Gasteiger charge is -2.01. The number of benzene rings is 1. The number of amides is 1. The van der Waals surface area contributed by atoms with Crippen LogP contribution in [0.2, 0.25) is 0 Å². The molecule has 0 saturated heterocycles. The zero-order chi connectivity index (χ0) is 16.2. The molecule has 0 radical (unpaired) electrons. The zero-order valence-corrected chi connectivity index (χ0v) is 11.6. The second-order valence-corrected chi connectivity index (χ2v) is 4.46. The van der Waals surface area contributed by atoms with Gasteiger partial charge in [-0.25, -0.2) is 5.43 Å². The molecule has 0 fully saturated rings. The molecule has 9 nitrogen and oxygen atoms in total. The summed E-state index contributed by atoms with van der Waals surface area (Å²) in [4.78, 5) is 26.1. The van der Waals surface area contributed by atoms with Crippen molar-refractivity contribution in [2.75, 3.05) is 6.79 Å². The number of nitrogens with one attached hydrogen (secondary N) is 1. The number of fused-ring (bicyclic) bond motifs is 1. The number of ether oxygens (including phenoxy) is 2. The molecule has 1 aromatic heterocycles. The normalized spacial score (nSPS) is 12.3. The molecule has 0 bridgehead atoms. The van der Waals surface area contributed by atoms with Crippen LogP contribution in [0.3, 0.4) is 0 Å². The van der Waals surface area contributed by atoms with E-state index in [-0.39, 0.29) is 18.0 Å². The fraction of sp³-hybridized carbons (Fsp3) is 0.0714. The van der Waals surface area contributed by atoms with Crippen LogP contribution < -0.4 is 14.9 Å². The molecule has 0 atom stereocenters. The average molecular weight is 314 g/mol. The minimum atomic E-state index is -0.563. The minimum Gasteiger partial charge on any atom is -0.454 e. The van der Waals surface area contributed by atoms with E-state index in [1.165, 1.54) is 30.7 Å². The largest absolute Gasteiger partial charge is 0.454 e. The van der Waals surface area contributed by atoms with Gasteiger partial charge in [0.2, 0.25) is 6.79 Å². The second kappa shape index (κ2) is 6.10. The van der Waals surface area contributed by atoms with E-state index in [0.717, 1.165) is 0 Å². The highest BCUT2D eigenvalue weighted by Crippen LogP contribution is 2.37. The van der Waals surface area contributed by atoms with Gasteiger partial charge in [0.05, 0.1) is 28.3 Å². The Bertz CT molecular complexity index is 791. The number of rotatable bonds is 4. The first-order valence-corrected chi connectivity index (χ1v) is 6.46. The lowest BCUT2D eigenvalue weighted by atomic mass is 10.1. The molecular weight excluding hydrogens is 304 g/mol. The third-order valence-electron chi connectivity index (χ3n) is 3.01. The minimum absolute atomic E-state index is 0.00479. The lowest BCUT2D eigenvalue weighted by Crippen LogP contribution is -2.17. The second-order valence-electron chi connectivity index (χ2n) is 4.46. The quantitative estimate of drug-likeness (QED) is 0.519. The van der Waals surface area contributed by atoms with E-state index in [4.69, 9.17) is 9.47 Å². The first-order chi connectivity index (χ1) is 11.1. The van der Waals surface area contributed by atoms with Crippen molar-refractivity contribution < 1.29 is 19.2 Å². The topological polar surface area (TPSA) is 116 Å². The van der Waals surface area contributed by atoms with Crippen LogP contribution in [-0.4, -0.2) is 28.8 Å². The molecular formula is C14H10N4O5. The highest BCUT2D eigenvalue weighted by atomic mass is 16.7. The molecule has 1 aromatic carbocycles. The van der Waals surface area contributed by atoms with Crippen LogP contribution in [0, 0.1) is 10.1 Å². The van der Waals surface area contributed by atoms with E-state index in [1.54, 1.807) is 12.1 Å². The van der Waals surface area contributed by atoms with E-state index in [1.807, 2.05) is 0 Å². The monoisotopic (exact) mass is 314 g/mol. The summed E-state index contributed by atoms with van der Waals surface area (Å²) >= 11 is 0. The average Bonchev–Trinajstić information content (AvgIpc) is 3.02. The molecule has 23 heavy (non-hydrogen) atoms. The predicted molar refractivity (Wildman–Crippen MR) is 78.5 cm³/mol. The smallest absolute Gasteiger partial charge is 0.282 e. The number of hydrogen-bond donors (Lipinski definition) is 1. The Kier molecular flexibility index (Phi) is 3.83. The molecule has 2 aromatic rings. The number of carbonyl (C=O) groups excluding carboxylic acids is 1. The summed E-state index contributed by atoms with van der Waals surface area (Å²) in [5.74, 6) is 0.210. The van der Waals surface area contributed by atoms with E-state index < -0.39 is 10.8 Å². The molecule has 0 unspecified atom stereocenters. The first-order valence-electron chi connectivity index (χ1n) is 6.46. The van der Waals surface area contributed by atoms with Gasteiger partial charge >= 0.3 is 0 Å². The van der Waals surface area contributed by atoms with Crippen LogP contribution in [0.5, 0.6) is 11.5 Å². The molecule has 1 N–H and O–H groups in total. The van der Waals surface area contributed by atoms with E-state index in [2.05, 4.69) is 15.5 Å². The van der Waals surface area contributed by atoms with Crippen molar-refractivity contribution in [2.24, 2.45) is 5.10 Å². The van der Waals surface area contributed by atoms with Crippen molar-refractivity contribution in [3.8, 4) is 11.5 Å². The molecule has 9 heteroatoms. The number of carbonyl (C=O) groups is 1. The number of nitro groups is 1. The van der Waals surface area contributed by atoms with Gasteiger partial charge in [-0.2, -0.15) is 5.10 Å². The van der Waals surface area contributed by atoms with Crippen molar-refractivity contribution in [3.05, 3.63) is 57.9 Å². The number of hydrazone groups is 1. The molecule has 1 amide bonds. The van der Waals surface area contributed by atoms with Gasteiger partial charge < -0.3 is 9.47 Å². The molecule has 2 heterocycles. The Morgan fingerprint density at radius 2 is 2.17 bits per heavy atom. The third-order valence-corrected chi connectivity index (χ3v) is 3.01. The van der Waals surface area contributed by atoms with Gasteiger partial charge in [0.25, 0.3) is 11.6 Å². The van der Waals surface area contributed by atoms with Crippen LogP contribution in [0.25, 0.3) is 0 Å². The van der Waals surface area contributed by atoms with E-state index >= 15 is 0 Å². The van der Waals surface area contributed by atoms with Gasteiger partial charge in [-0.1, -0.05) is 0 Å². The zero-order valence-electron chi connectivity index (χ0n) is 11.6. The standard InChI is InChI=1S/C14H10N4O5/c19-14(9-2-1-3-15-6-9)17-16-7-10-4-12-13(23-8-22-12)5-11(10)18(20)21/h1-7H,8H2,(H,17,19). The maximum Gasteiger partial charge on any atom is 0.282 e. The third kappa shape index (κ3) is 3.07. The molecule has 0 saturated carbocycles. The Morgan fingerprint density at radius 1 is 1.39 bits per heavy atom. The van der Waals surface area contributed by atoms with Gasteiger partial charge in [-0.3, -0.25) is 19.9 Å². The summed E-state index contributed by atoms with van der Waals surface area (Å²) in [5.41, 5.74) is 2.59. The van der Waals surface area contributed by atoms with Crippen LogP contribution >= 0.6 is 0 Å². The SMILES string of the molecule is O=C(NN=Cc1cc2c(cc1[N+](=O)[O-])OCO2)c1cccnc1. The Labute approximate surface area is 129 Å². The van der Waals surface area contributed by atoms with Gasteiger partial charge in [0.1, 0.15) is 0 Å². The van der Waals surface area contributed by atoms with Crippen molar-refractivity contribution in [3.63, 3.8) is 0 Å². The molecule has 1 aliphatic heterocycles. The summed E-state index contributed by atoms with van der Waals surface area (Å²) < 4.78 is 10.3. The molecule has 116 valence electrons. The number of hydrogen-bond acceptors (Lipinski definition) is 7. The number of nitro benzene ring substituents is 1. The fourth-order valence-electron chi connectivity index (χ4n) is 1.93. The van der Waals surface area contributed by atoms with Crippen molar-refractivity contribution in [2.45, 2.75) is 0 Å². The van der Waals surface area contributed by atoms with Gasteiger partial charge in [0.15, 0.2) is 11.5 Å². The first kappa shape index (κ1) is 14.4.